The van der Waals surface area contributed by atoms with E-state index in [1.807, 2.05) is 17.9 Å². The van der Waals surface area contributed by atoms with E-state index in [1.54, 1.807) is 0 Å². The second-order valence-electron chi connectivity index (χ2n) is 6.85. The summed E-state index contributed by atoms with van der Waals surface area (Å²) in [6.45, 7) is 9.02. The molecule has 1 aromatic heterocycles. The Balaban J connectivity index is 1.85. The molecule has 7 heteroatoms. The highest BCUT2D eigenvalue weighted by atomic mass is 16.4. The number of nitrogens with zero attached hydrogens (tertiary/aromatic N) is 4. The highest BCUT2D eigenvalue weighted by molar-refractivity contribution is 5.76. The van der Waals surface area contributed by atoms with E-state index in [0.29, 0.717) is 32.4 Å². The number of piperazine rings is 1. The number of rotatable bonds is 7. The molecule has 0 spiro atoms. The highest BCUT2D eigenvalue weighted by Gasteiger charge is 2.22. The van der Waals surface area contributed by atoms with E-state index in [9.17, 15) is 9.59 Å². The van der Waals surface area contributed by atoms with Crippen LogP contribution in [0.5, 0.6) is 0 Å². The number of carbonyl (C=O) groups excluding carboxylic acids is 1. The molecule has 1 aliphatic heterocycles. The summed E-state index contributed by atoms with van der Waals surface area (Å²) in [5.74, 6) is 1.39. The van der Waals surface area contributed by atoms with Crippen molar-refractivity contribution in [1.82, 2.24) is 14.9 Å². The first-order valence-corrected chi connectivity index (χ1v) is 8.97. The lowest BCUT2D eigenvalue weighted by Crippen LogP contribution is -2.49. The van der Waals surface area contributed by atoms with Crippen molar-refractivity contribution in [2.24, 2.45) is 0 Å². The molecule has 1 N–H and O–H groups in total. The van der Waals surface area contributed by atoms with Gasteiger partial charge >= 0.3 is 5.97 Å². The number of carbonyl (C=O) groups is 2. The molecule has 7 nitrogen and oxygen atoms in total. The number of aliphatic carboxylic acids is 1. The lowest BCUT2D eigenvalue weighted by molar-refractivity contribution is -0.137. The number of hydrogen-bond acceptors (Lipinski definition) is 5. The zero-order valence-corrected chi connectivity index (χ0v) is 15.4. The molecule has 25 heavy (non-hydrogen) atoms. The maximum atomic E-state index is 12.2. The molecule has 1 saturated heterocycles. The Labute approximate surface area is 149 Å². The van der Waals surface area contributed by atoms with Crippen molar-refractivity contribution in [2.75, 3.05) is 31.1 Å². The Morgan fingerprint density at radius 3 is 2.36 bits per heavy atom. The van der Waals surface area contributed by atoms with Crippen LogP contribution in [0.3, 0.4) is 0 Å². The van der Waals surface area contributed by atoms with Crippen LogP contribution in [0.4, 0.5) is 5.82 Å². The number of amides is 1. The number of carboxylic acids is 1. The van der Waals surface area contributed by atoms with Crippen molar-refractivity contribution < 1.29 is 14.7 Å². The molecule has 0 unspecified atom stereocenters. The molecule has 2 heterocycles. The fraction of sp³-hybridized carbons (Fsp3) is 0.667. The first-order chi connectivity index (χ1) is 11.9. The third-order valence-corrected chi connectivity index (χ3v) is 4.36. The average Bonchev–Trinajstić information content (AvgIpc) is 2.58. The zero-order valence-electron chi connectivity index (χ0n) is 15.4. The first-order valence-electron chi connectivity index (χ1n) is 8.97. The van der Waals surface area contributed by atoms with Gasteiger partial charge in [-0.3, -0.25) is 9.59 Å². The molecule has 0 aliphatic carbocycles. The molecule has 138 valence electrons. The third-order valence-electron chi connectivity index (χ3n) is 4.36. The largest absolute Gasteiger partial charge is 0.481 e. The van der Waals surface area contributed by atoms with E-state index in [-0.39, 0.29) is 18.2 Å². The van der Waals surface area contributed by atoms with Crippen molar-refractivity contribution in [1.29, 1.82) is 0 Å². The second-order valence-corrected chi connectivity index (χ2v) is 6.85. The Bertz CT molecular complexity index is 610. The Kier molecular flexibility index (Phi) is 6.73. The minimum absolute atomic E-state index is 0.117. The van der Waals surface area contributed by atoms with Crippen LogP contribution in [-0.2, 0) is 9.59 Å². The molecule has 0 saturated carbocycles. The predicted octanol–water partition coefficient (Wildman–Crippen LogP) is 2.20. The van der Waals surface area contributed by atoms with Gasteiger partial charge in [0.1, 0.15) is 11.6 Å². The molecular weight excluding hydrogens is 320 g/mol. The molecular formula is C18H28N4O3. The van der Waals surface area contributed by atoms with E-state index >= 15 is 0 Å². The van der Waals surface area contributed by atoms with Gasteiger partial charge in [0.2, 0.25) is 5.91 Å². The lowest BCUT2D eigenvalue weighted by atomic mass is 10.1. The minimum atomic E-state index is -0.804. The summed E-state index contributed by atoms with van der Waals surface area (Å²) in [6.07, 6.45) is 1.75. The maximum Gasteiger partial charge on any atom is 0.303 e. The maximum absolute atomic E-state index is 12.2. The van der Waals surface area contributed by atoms with E-state index in [1.165, 1.54) is 0 Å². The molecule has 1 aliphatic rings. The third kappa shape index (κ3) is 5.69. The number of aromatic nitrogens is 2. The molecule has 1 fully saturated rings. The zero-order chi connectivity index (χ0) is 18.4. The van der Waals surface area contributed by atoms with Crippen molar-refractivity contribution in [3.63, 3.8) is 0 Å². The fourth-order valence-electron chi connectivity index (χ4n) is 2.89. The standard InChI is InChI=1S/C18H28N4O3/c1-13(2)18-19-14(3)12-15(20-18)21-8-10-22(11-9-21)16(23)6-4-5-7-17(24)25/h12-13H,4-11H2,1-3H3,(H,24,25). The average molecular weight is 348 g/mol. The summed E-state index contributed by atoms with van der Waals surface area (Å²) >= 11 is 0. The van der Waals surface area contributed by atoms with Gasteiger partial charge in [-0.2, -0.15) is 0 Å². The van der Waals surface area contributed by atoms with Gasteiger partial charge in [-0.05, 0) is 19.8 Å². The first kappa shape index (κ1) is 19.1. The van der Waals surface area contributed by atoms with Crippen molar-refractivity contribution in [3.8, 4) is 0 Å². The van der Waals surface area contributed by atoms with Crippen LogP contribution in [0.2, 0.25) is 0 Å². The van der Waals surface area contributed by atoms with Gasteiger partial charge in [-0.25, -0.2) is 9.97 Å². The van der Waals surface area contributed by atoms with Gasteiger partial charge in [-0.15, -0.1) is 0 Å². The summed E-state index contributed by atoms with van der Waals surface area (Å²) in [7, 11) is 0. The van der Waals surface area contributed by atoms with Crippen LogP contribution in [0.15, 0.2) is 6.07 Å². The summed E-state index contributed by atoms with van der Waals surface area (Å²) in [6, 6.07) is 2.00. The van der Waals surface area contributed by atoms with Gasteiger partial charge in [0.25, 0.3) is 0 Å². The molecule has 0 bridgehead atoms. The topological polar surface area (TPSA) is 86.6 Å². The second kappa shape index (κ2) is 8.78. The fourth-order valence-corrected chi connectivity index (χ4v) is 2.89. The number of aryl methyl sites for hydroxylation is 1. The van der Waals surface area contributed by atoms with Crippen molar-refractivity contribution in [3.05, 3.63) is 17.6 Å². The minimum Gasteiger partial charge on any atom is -0.481 e. The van der Waals surface area contributed by atoms with Gasteiger partial charge in [0, 0.05) is 56.7 Å². The van der Waals surface area contributed by atoms with E-state index in [2.05, 4.69) is 28.7 Å². The number of carboxylic acid groups (broad SMARTS) is 1. The molecule has 0 atom stereocenters. The number of unbranched alkanes of at least 4 members (excludes halogenated alkanes) is 1. The number of hydrogen-bond donors (Lipinski definition) is 1. The van der Waals surface area contributed by atoms with Crippen molar-refractivity contribution >= 4 is 17.7 Å². The summed E-state index contributed by atoms with van der Waals surface area (Å²) in [4.78, 5) is 35.9. The summed E-state index contributed by atoms with van der Waals surface area (Å²) in [5, 5.41) is 8.63. The van der Waals surface area contributed by atoms with Gasteiger partial charge in [-0.1, -0.05) is 13.8 Å². The number of anilines is 1. The summed E-state index contributed by atoms with van der Waals surface area (Å²) < 4.78 is 0. The van der Waals surface area contributed by atoms with E-state index in [0.717, 1.165) is 30.4 Å². The quantitative estimate of drug-likeness (QED) is 0.760. The monoisotopic (exact) mass is 348 g/mol. The Morgan fingerprint density at radius 2 is 1.76 bits per heavy atom. The molecule has 2 rings (SSSR count). The van der Waals surface area contributed by atoms with Crippen LogP contribution in [0.1, 0.15) is 57.0 Å². The molecule has 1 amide bonds. The van der Waals surface area contributed by atoms with Crippen LogP contribution >= 0.6 is 0 Å². The van der Waals surface area contributed by atoms with E-state index in [4.69, 9.17) is 5.11 Å². The van der Waals surface area contributed by atoms with Gasteiger partial charge in [0.15, 0.2) is 0 Å². The highest BCUT2D eigenvalue weighted by Crippen LogP contribution is 2.19. The SMILES string of the molecule is Cc1cc(N2CCN(C(=O)CCCCC(=O)O)CC2)nc(C(C)C)n1. The molecule has 0 aromatic carbocycles. The summed E-state index contributed by atoms with van der Waals surface area (Å²) in [5.41, 5.74) is 0.964. The van der Waals surface area contributed by atoms with Crippen LogP contribution in [0.25, 0.3) is 0 Å². The van der Waals surface area contributed by atoms with Crippen LogP contribution in [-0.4, -0.2) is 58.0 Å². The molecule has 0 radical (unpaired) electrons. The van der Waals surface area contributed by atoms with Crippen LogP contribution in [0, 0.1) is 6.92 Å². The molecule has 1 aromatic rings. The van der Waals surface area contributed by atoms with E-state index < -0.39 is 5.97 Å². The lowest BCUT2D eigenvalue weighted by Gasteiger charge is -2.35. The Hall–Kier alpha value is -2.18. The van der Waals surface area contributed by atoms with Crippen molar-refractivity contribution in [2.45, 2.75) is 52.4 Å². The smallest absolute Gasteiger partial charge is 0.303 e. The normalized spacial score (nSPS) is 14.9. The van der Waals surface area contributed by atoms with Gasteiger partial charge < -0.3 is 14.9 Å². The van der Waals surface area contributed by atoms with Crippen LogP contribution < -0.4 is 4.90 Å². The Morgan fingerprint density at radius 1 is 1.12 bits per heavy atom. The van der Waals surface area contributed by atoms with Gasteiger partial charge in [0.05, 0.1) is 0 Å². The predicted molar refractivity (Wildman–Crippen MR) is 95.8 cm³/mol.